The Hall–Kier alpha value is -3.89. The number of hydrogen-bond donors (Lipinski definition) is 1. The van der Waals surface area contributed by atoms with Gasteiger partial charge in [0.15, 0.2) is 0 Å². The lowest BCUT2D eigenvalue weighted by molar-refractivity contribution is 0.0566. The van der Waals surface area contributed by atoms with E-state index in [1.807, 2.05) is 0 Å². The van der Waals surface area contributed by atoms with E-state index in [-0.39, 0.29) is 38.0 Å². The van der Waals surface area contributed by atoms with Crippen LogP contribution in [0.2, 0.25) is 5.02 Å². The highest BCUT2D eigenvalue weighted by atomic mass is 35.5. The first-order valence-corrected chi connectivity index (χ1v) is 11.6. The van der Waals surface area contributed by atoms with Crippen molar-refractivity contribution in [1.29, 1.82) is 0 Å². The molecule has 11 heteroatoms. The van der Waals surface area contributed by atoms with E-state index in [9.17, 15) is 22.8 Å². The lowest BCUT2D eigenvalue weighted by atomic mass is 10.1. The summed E-state index contributed by atoms with van der Waals surface area (Å²) in [7, 11) is -1.43. The Balaban J connectivity index is 1.75. The minimum absolute atomic E-state index is 0.0193. The molecule has 0 saturated carbocycles. The van der Waals surface area contributed by atoms with Crippen LogP contribution in [0.25, 0.3) is 0 Å². The number of para-hydroxylation sites is 2. The number of anilines is 2. The second-order valence-corrected chi connectivity index (χ2v) is 9.68. The van der Waals surface area contributed by atoms with Gasteiger partial charge in [-0.3, -0.25) is 18.7 Å². The molecule has 1 aliphatic heterocycles. The number of carbonyl (C=O) groups excluding carboxylic acids is 3. The van der Waals surface area contributed by atoms with Crippen molar-refractivity contribution in [3.8, 4) is 5.75 Å². The third-order valence-corrected chi connectivity index (χ3v) is 7.50. The lowest BCUT2D eigenvalue weighted by Gasteiger charge is -2.22. The third-order valence-electron chi connectivity index (χ3n) is 5.40. The predicted octanol–water partition coefficient (Wildman–Crippen LogP) is 3.19. The van der Waals surface area contributed by atoms with Crippen LogP contribution >= 0.6 is 11.6 Å². The topological polar surface area (TPSA) is 127 Å². The molecule has 1 heterocycles. The first-order chi connectivity index (χ1) is 16.1. The number of nitrogen functional groups attached to an aromatic ring is 1. The zero-order valence-electron chi connectivity index (χ0n) is 18.0. The number of nitrogens with two attached hydrogens (primary N) is 1. The lowest BCUT2D eigenvalue weighted by Crippen LogP contribution is -2.36. The molecule has 0 bridgehead atoms. The van der Waals surface area contributed by atoms with E-state index in [1.54, 1.807) is 24.3 Å². The molecule has 0 fully saturated rings. The van der Waals surface area contributed by atoms with Crippen LogP contribution in [0.4, 0.5) is 11.4 Å². The number of benzene rings is 3. The Morgan fingerprint density at radius 3 is 2.41 bits per heavy atom. The van der Waals surface area contributed by atoms with Crippen molar-refractivity contribution in [2.75, 3.05) is 24.2 Å². The molecule has 0 saturated heterocycles. The molecule has 3 aromatic carbocycles. The molecule has 0 radical (unpaired) electrons. The third kappa shape index (κ3) is 3.57. The van der Waals surface area contributed by atoms with Gasteiger partial charge in [0.25, 0.3) is 27.7 Å². The van der Waals surface area contributed by atoms with Crippen molar-refractivity contribution < 1.29 is 27.5 Å². The van der Waals surface area contributed by atoms with Gasteiger partial charge < -0.3 is 10.5 Å². The molecule has 3 aromatic rings. The molecular formula is C23H18ClN3O6S. The van der Waals surface area contributed by atoms with E-state index >= 15 is 0 Å². The van der Waals surface area contributed by atoms with E-state index in [4.69, 9.17) is 22.1 Å². The quantitative estimate of drug-likeness (QED) is 0.422. The molecule has 9 nitrogen and oxygen atoms in total. The Morgan fingerprint density at radius 1 is 1.03 bits per heavy atom. The number of amides is 3. The summed E-state index contributed by atoms with van der Waals surface area (Å²) in [5, 5.41) is -0.131. The Labute approximate surface area is 200 Å². The predicted molar refractivity (Wildman–Crippen MR) is 126 cm³/mol. The van der Waals surface area contributed by atoms with Crippen LogP contribution < -0.4 is 14.8 Å². The minimum Gasteiger partial charge on any atom is -0.495 e. The number of sulfonamides is 1. The number of imide groups is 3. The number of fused-ring (bicyclic) bond motifs is 1. The van der Waals surface area contributed by atoms with Gasteiger partial charge in [0.05, 0.1) is 39.4 Å². The van der Waals surface area contributed by atoms with Crippen molar-refractivity contribution >= 4 is 50.7 Å². The maximum absolute atomic E-state index is 13.3. The Bertz CT molecular complexity index is 1470. The summed E-state index contributed by atoms with van der Waals surface area (Å²) >= 11 is 6.18. The van der Waals surface area contributed by atoms with Crippen LogP contribution in [0.5, 0.6) is 5.75 Å². The Morgan fingerprint density at radius 2 is 1.74 bits per heavy atom. The second kappa shape index (κ2) is 8.47. The summed E-state index contributed by atoms with van der Waals surface area (Å²) in [6.07, 6.45) is 0. The first-order valence-electron chi connectivity index (χ1n) is 9.82. The van der Waals surface area contributed by atoms with E-state index < -0.39 is 27.7 Å². The van der Waals surface area contributed by atoms with Gasteiger partial charge >= 0.3 is 0 Å². The average Bonchev–Trinajstić information content (AvgIpc) is 3.09. The zero-order valence-corrected chi connectivity index (χ0v) is 19.6. The first kappa shape index (κ1) is 23.3. The van der Waals surface area contributed by atoms with Gasteiger partial charge in [0.2, 0.25) is 0 Å². The maximum atomic E-state index is 13.3. The average molecular weight is 500 g/mol. The van der Waals surface area contributed by atoms with Gasteiger partial charge in [-0.25, -0.2) is 13.3 Å². The number of ether oxygens (including phenoxy) is 1. The van der Waals surface area contributed by atoms with Crippen molar-refractivity contribution in [2.45, 2.75) is 4.90 Å². The highest BCUT2D eigenvalue weighted by Crippen LogP contribution is 2.33. The number of carbonyl (C=O) groups is 3. The molecule has 0 atom stereocenters. The highest BCUT2D eigenvalue weighted by Gasteiger charge is 2.42. The number of halogens is 1. The summed E-state index contributed by atoms with van der Waals surface area (Å²) in [5.41, 5.74) is 5.70. The van der Waals surface area contributed by atoms with Gasteiger partial charge in [0.1, 0.15) is 5.75 Å². The van der Waals surface area contributed by atoms with Gasteiger partial charge in [-0.2, -0.15) is 0 Å². The normalized spacial score (nSPS) is 13.1. The SMILES string of the molecule is COc1ccccc1N(C)S(=O)(=O)c1ccc(Cl)c(C(=O)N2C(=O)c3cccc(N)c3C2=O)c1. The van der Waals surface area contributed by atoms with E-state index in [2.05, 4.69) is 0 Å². The molecule has 0 unspecified atom stereocenters. The number of nitrogens with zero attached hydrogens (tertiary/aromatic N) is 2. The van der Waals surface area contributed by atoms with Crippen molar-refractivity contribution in [1.82, 2.24) is 4.90 Å². The number of rotatable bonds is 5. The molecule has 0 aliphatic carbocycles. The van der Waals surface area contributed by atoms with Crippen LogP contribution in [0, 0.1) is 0 Å². The summed E-state index contributed by atoms with van der Waals surface area (Å²) in [6.45, 7) is 0. The number of hydrogen-bond acceptors (Lipinski definition) is 7. The molecule has 0 aromatic heterocycles. The summed E-state index contributed by atoms with van der Waals surface area (Å²) in [4.78, 5) is 38.9. The van der Waals surface area contributed by atoms with Gasteiger partial charge in [-0.05, 0) is 42.5 Å². The fourth-order valence-electron chi connectivity index (χ4n) is 3.62. The van der Waals surface area contributed by atoms with E-state index in [0.29, 0.717) is 10.6 Å². The molecule has 174 valence electrons. The zero-order chi connectivity index (χ0) is 24.8. The van der Waals surface area contributed by atoms with Crippen LogP contribution in [0.15, 0.2) is 65.6 Å². The molecule has 4 rings (SSSR count). The molecule has 0 spiro atoms. The molecule has 34 heavy (non-hydrogen) atoms. The Kier molecular flexibility index (Phi) is 5.80. The van der Waals surface area contributed by atoms with Crippen molar-refractivity contribution in [2.24, 2.45) is 0 Å². The summed E-state index contributed by atoms with van der Waals surface area (Å²) < 4.78 is 32.9. The fourth-order valence-corrected chi connectivity index (χ4v) is 5.05. The largest absolute Gasteiger partial charge is 0.495 e. The molecular weight excluding hydrogens is 482 g/mol. The second-order valence-electron chi connectivity index (χ2n) is 7.31. The van der Waals surface area contributed by atoms with Crippen LogP contribution in [-0.4, -0.2) is 45.2 Å². The standard InChI is InChI=1S/C23H18ClN3O6S/c1-26(18-8-3-4-9-19(18)33-2)34(31,32)13-10-11-16(24)15(12-13)22(29)27-21(28)14-6-5-7-17(25)20(14)23(27)30/h3-12H,25H2,1-2H3. The van der Waals surface area contributed by atoms with Gasteiger partial charge in [0, 0.05) is 12.7 Å². The number of methoxy groups -OCH3 is 1. The monoisotopic (exact) mass is 499 g/mol. The van der Waals surface area contributed by atoms with Gasteiger partial charge in [-0.15, -0.1) is 0 Å². The van der Waals surface area contributed by atoms with E-state index in [0.717, 1.165) is 10.4 Å². The molecule has 2 N–H and O–H groups in total. The van der Waals surface area contributed by atoms with Crippen LogP contribution in [0.3, 0.4) is 0 Å². The van der Waals surface area contributed by atoms with Crippen molar-refractivity contribution in [3.63, 3.8) is 0 Å². The summed E-state index contributed by atoms with van der Waals surface area (Å²) in [6, 6.07) is 14.3. The van der Waals surface area contributed by atoms with Crippen LogP contribution in [0.1, 0.15) is 31.1 Å². The van der Waals surface area contributed by atoms with E-state index in [1.165, 1.54) is 44.5 Å². The van der Waals surface area contributed by atoms with Gasteiger partial charge in [-0.1, -0.05) is 29.8 Å². The minimum atomic E-state index is -4.17. The summed E-state index contributed by atoms with van der Waals surface area (Å²) in [5.74, 6) is -2.51. The fraction of sp³-hybridized carbons (Fsp3) is 0.0870. The highest BCUT2D eigenvalue weighted by molar-refractivity contribution is 7.92. The molecule has 1 aliphatic rings. The van der Waals surface area contributed by atoms with Crippen molar-refractivity contribution in [3.05, 3.63) is 82.4 Å². The van der Waals surface area contributed by atoms with Crippen LogP contribution in [-0.2, 0) is 10.0 Å². The molecule has 3 amide bonds. The maximum Gasteiger partial charge on any atom is 0.270 e. The smallest absolute Gasteiger partial charge is 0.270 e.